The van der Waals surface area contributed by atoms with Crippen molar-refractivity contribution in [3.63, 3.8) is 0 Å². The van der Waals surface area contributed by atoms with Gasteiger partial charge in [-0.25, -0.2) is 13.9 Å². The molecular weight excluding hydrogens is 318 g/mol. The molecule has 0 aliphatic rings. The maximum Gasteiger partial charge on any atom is 0.354 e. The van der Waals surface area contributed by atoms with E-state index in [-0.39, 0.29) is 0 Å². The summed E-state index contributed by atoms with van der Waals surface area (Å²) < 4.78 is 7.72. The SMILES string of the molecule is CCCC[n+]1ccn(-c2nc(-n3cc[n+](CCCC)c3)[nH]c(=O)n2)c1. The lowest BCUT2D eigenvalue weighted by molar-refractivity contribution is -0.696. The number of hydrogen-bond donors (Lipinski definition) is 1. The number of imidazole rings is 2. The number of aromatic amines is 1. The number of unbranched alkanes of at least 4 members (excludes halogenated alkanes) is 2. The number of rotatable bonds is 8. The maximum atomic E-state index is 12.0. The van der Waals surface area contributed by atoms with Gasteiger partial charge in [-0.15, -0.1) is 9.97 Å². The topological polar surface area (TPSA) is 76.3 Å². The first-order valence-electron chi connectivity index (χ1n) is 8.82. The van der Waals surface area contributed by atoms with Crippen LogP contribution in [0.15, 0.2) is 42.2 Å². The molecule has 0 aliphatic carbocycles. The fourth-order valence-electron chi connectivity index (χ4n) is 2.58. The molecule has 0 atom stereocenters. The van der Waals surface area contributed by atoms with Gasteiger partial charge in [0.2, 0.25) is 0 Å². The number of nitrogens with one attached hydrogen (secondary N) is 1. The van der Waals surface area contributed by atoms with Crippen LogP contribution in [0, 0.1) is 0 Å². The van der Waals surface area contributed by atoms with Crippen molar-refractivity contribution in [3.8, 4) is 11.9 Å². The predicted octanol–water partition coefficient (Wildman–Crippen LogP) is 0.921. The summed E-state index contributed by atoms with van der Waals surface area (Å²) in [5.74, 6) is 0.821. The Morgan fingerprint density at radius 2 is 1.56 bits per heavy atom. The summed E-state index contributed by atoms with van der Waals surface area (Å²) in [5, 5.41) is 0. The van der Waals surface area contributed by atoms with Crippen molar-refractivity contribution in [1.29, 1.82) is 0 Å². The molecule has 3 heterocycles. The van der Waals surface area contributed by atoms with Crippen LogP contribution in [0.4, 0.5) is 0 Å². The normalized spacial score (nSPS) is 11.1. The van der Waals surface area contributed by atoms with Crippen molar-refractivity contribution < 1.29 is 9.13 Å². The van der Waals surface area contributed by atoms with Crippen LogP contribution >= 0.6 is 0 Å². The Morgan fingerprint density at radius 1 is 0.960 bits per heavy atom. The molecule has 0 spiro atoms. The minimum Gasteiger partial charge on any atom is -0.255 e. The molecule has 3 aromatic rings. The molecule has 8 nitrogen and oxygen atoms in total. The van der Waals surface area contributed by atoms with Crippen molar-refractivity contribution in [3.05, 3.63) is 47.9 Å². The molecule has 0 amide bonds. The van der Waals surface area contributed by atoms with Gasteiger partial charge in [-0.1, -0.05) is 26.7 Å². The van der Waals surface area contributed by atoms with Gasteiger partial charge in [0.15, 0.2) is 0 Å². The van der Waals surface area contributed by atoms with E-state index in [0.29, 0.717) is 11.9 Å². The highest BCUT2D eigenvalue weighted by Crippen LogP contribution is 2.01. The van der Waals surface area contributed by atoms with E-state index in [1.54, 1.807) is 9.13 Å². The third-order valence-electron chi connectivity index (χ3n) is 4.02. The Kier molecular flexibility index (Phi) is 5.37. The predicted molar refractivity (Wildman–Crippen MR) is 91.5 cm³/mol. The highest BCUT2D eigenvalue weighted by atomic mass is 16.1. The number of aryl methyl sites for hydroxylation is 2. The lowest BCUT2D eigenvalue weighted by atomic mass is 10.3. The van der Waals surface area contributed by atoms with Crippen molar-refractivity contribution in [2.75, 3.05) is 0 Å². The van der Waals surface area contributed by atoms with Gasteiger partial charge in [0.25, 0.3) is 12.7 Å². The molecule has 1 N–H and O–H groups in total. The average Bonchev–Trinajstić information content (AvgIpc) is 3.27. The quantitative estimate of drug-likeness (QED) is 0.618. The summed E-state index contributed by atoms with van der Waals surface area (Å²) in [7, 11) is 0. The summed E-state index contributed by atoms with van der Waals surface area (Å²) in [6.45, 7) is 6.21. The Bertz CT molecular complexity index is 810. The van der Waals surface area contributed by atoms with Gasteiger partial charge >= 0.3 is 17.6 Å². The summed E-state index contributed by atoms with van der Waals surface area (Å²) in [6, 6.07) is 0. The molecule has 0 saturated carbocycles. The van der Waals surface area contributed by atoms with Crippen LogP contribution in [-0.2, 0) is 13.1 Å². The van der Waals surface area contributed by atoms with Crippen molar-refractivity contribution in [2.45, 2.75) is 52.6 Å². The van der Waals surface area contributed by atoms with Crippen molar-refractivity contribution in [1.82, 2.24) is 24.1 Å². The van der Waals surface area contributed by atoms with Gasteiger partial charge in [0.1, 0.15) is 24.8 Å². The first-order valence-corrected chi connectivity index (χ1v) is 8.82. The third kappa shape index (κ3) is 4.20. The van der Waals surface area contributed by atoms with Gasteiger partial charge in [0, 0.05) is 0 Å². The van der Waals surface area contributed by atoms with E-state index in [9.17, 15) is 4.79 Å². The monoisotopic (exact) mass is 343 g/mol. The molecule has 3 rings (SSSR count). The molecule has 0 fully saturated rings. The second-order valence-corrected chi connectivity index (χ2v) is 6.10. The second kappa shape index (κ2) is 7.87. The van der Waals surface area contributed by atoms with Crippen molar-refractivity contribution in [2.24, 2.45) is 0 Å². The number of hydrogen-bond acceptors (Lipinski definition) is 3. The largest absolute Gasteiger partial charge is 0.354 e. The molecule has 0 aliphatic heterocycles. The zero-order chi connectivity index (χ0) is 17.6. The van der Waals surface area contributed by atoms with Crippen LogP contribution in [0.5, 0.6) is 0 Å². The molecule has 0 unspecified atom stereocenters. The molecule has 0 bridgehead atoms. The van der Waals surface area contributed by atoms with Gasteiger partial charge in [-0.2, -0.15) is 9.13 Å². The number of H-pyrrole nitrogens is 1. The molecule has 3 aromatic heterocycles. The summed E-state index contributed by atoms with van der Waals surface area (Å²) >= 11 is 0. The third-order valence-corrected chi connectivity index (χ3v) is 4.02. The van der Waals surface area contributed by atoms with Crippen LogP contribution < -0.4 is 14.8 Å². The standard InChI is InChI=1S/C17H24N7O/c1-3-5-7-21-9-11-23(13-21)15-18-16(20-17(25)19-15)24-12-10-22(14-24)8-6-4-2/h9-14H,3-8H2,1-2H3/q+1/p+1. The fourth-order valence-corrected chi connectivity index (χ4v) is 2.58. The summed E-state index contributed by atoms with van der Waals surface area (Å²) in [6.07, 6.45) is 16.0. The highest BCUT2D eigenvalue weighted by molar-refractivity contribution is 5.16. The molecular formula is C17H25N7O+2. The van der Waals surface area contributed by atoms with E-state index in [2.05, 4.69) is 37.9 Å². The lowest BCUT2D eigenvalue weighted by Gasteiger charge is -1.97. The van der Waals surface area contributed by atoms with E-state index in [1.165, 1.54) is 0 Å². The van der Waals surface area contributed by atoms with Gasteiger partial charge < -0.3 is 0 Å². The first-order chi connectivity index (χ1) is 12.2. The smallest absolute Gasteiger partial charge is 0.255 e. The molecule has 25 heavy (non-hydrogen) atoms. The fraction of sp³-hybridized carbons (Fsp3) is 0.471. The van der Waals surface area contributed by atoms with Gasteiger partial charge in [0.05, 0.1) is 13.1 Å². The van der Waals surface area contributed by atoms with E-state index in [4.69, 9.17) is 0 Å². The van der Waals surface area contributed by atoms with E-state index in [1.807, 2.05) is 37.4 Å². The van der Waals surface area contributed by atoms with Gasteiger partial charge in [-0.05, 0) is 12.8 Å². The lowest BCUT2D eigenvalue weighted by Crippen LogP contribution is -2.31. The second-order valence-electron chi connectivity index (χ2n) is 6.10. The highest BCUT2D eigenvalue weighted by Gasteiger charge is 2.16. The number of nitrogens with zero attached hydrogens (tertiary/aromatic N) is 6. The minimum absolute atomic E-state index is 0.364. The molecule has 0 radical (unpaired) electrons. The molecule has 0 saturated heterocycles. The van der Waals surface area contributed by atoms with E-state index < -0.39 is 5.69 Å². The zero-order valence-electron chi connectivity index (χ0n) is 14.8. The Hall–Kier alpha value is -2.77. The van der Waals surface area contributed by atoms with Crippen LogP contribution in [0.2, 0.25) is 0 Å². The Morgan fingerprint density at radius 3 is 2.20 bits per heavy atom. The van der Waals surface area contributed by atoms with E-state index >= 15 is 0 Å². The molecule has 0 aromatic carbocycles. The minimum atomic E-state index is -0.414. The van der Waals surface area contributed by atoms with Crippen LogP contribution in [0.1, 0.15) is 39.5 Å². The maximum absolute atomic E-state index is 12.0. The average molecular weight is 343 g/mol. The molecule has 8 heteroatoms. The van der Waals surface area contributed by atoms with Crippen molar-refractivity contribution >= 4 is 0 Å². The van der Waals surface area contributed by atoms with E-state index in [0.717, 1.165) is 38.8 Å². The van der Waals surface area contributed by atoms with Gasteiger partial charge in [-0.3, -0.25) is 4.98 Å². The Balaban J connectivity index is 1.86. The summed E-state index contributed by atoms with van der Waals surface area (Å²) in [4.78, 5) is 23.1. The van der Waals surface area contributed by atoms with Crippen LogP contribution in [0.25, 0.3) is 11.9 Å². The van der Waals surface area contributed by atoms with Crippen LogP contribution in [-0.4, -0.2) is 24.1 Å². The summed E-state index contributed by atoms with van der Waals surface area (Å²) in [5.41, 5.74) is -0.414. The molecule has 132 valence electrons. The first kappa shape index (κ1) is 17.1. The number of aromatic nitrogens is 7. The van der Waals surface area contributed by atoms with Crippen LogP contribution in [0.3, 0.4) is 0 Å². The Labute approximate surface area is 146 Å². The zero-order valence-corrected chi connectivity index (χ0v) is 14.8.